The monoisotopic (exact) mass is 311 g/mol. The van der Waals surface area contributed by atoms with Crippen molar-refractivity contribution in [2.45, 2.75) is 0 Å². The molecule has 6 nitrogen and oxygen atoms in total. The highest BCUT2D eigenvalue weighted by molar-refractivity contribution is 6.29. The molecule has 22 heavy (non-hydrogen) atoms. The Bertz CT molecular complexity index is 1070. The lowest BCUT2D eigenvalue weighted by Crippen LogP contribution is -2.23. The van der Waals surface area contributed by atoms with Crippen LogP contribution in [0.5, 0.6) is 0 Å². The zero-order valence-corrected chi connectivity index (χ0v) is 12.3. The SMILES string of the molecule is Cn1c2ccccc2c2cnn(-c3cnc(Cl)cn3)c(=O)c21. The fraction of sp³-hybridized carbons (Fsp3) is 0.0667. The summed E-state index contributed by atoms with van der Waals surface area (Å²) in [5.41, 5.74) is 1.32. The molecule has 108 valence electrons. The van der Waals surface area contributed by atoms with Crippen molar-refractivity contribution in [2.75, 3.05) is 0 Å². The summed E-state index contributed by atoms with van der Waals surface area (Å²) in [5.74, 6) is 0.335. The minimum absolute atomic E-state index is 0.243. The number of halogens is 1. The van der Waals surface area contributed by atoms with Crippen molar-refractivity contribution < 1.29 is 0 Å². The largest absolute Gasteiger partial charge is 0.339 e. The van der Waals surface area contributed by atoms with Crippen LogP contribution in [-0.2, 0) is 7.05 Å². The molecule has 4 aromatic rings. The minimum Gasteiger partial charge on any atom is -0.339 e. The Morgan fingerprint density at radius 2 is 1.86 bits per heavy atom. The molecule has 7 heteroatoms. The van der Waals surface area contributed by atoms with Gasteiger partial charge in [0.05, 0.1) is 18.6 Å². The summed E-state index contributed by atoms with van der Waals surface area (Å²) in [6.07, 6.45) is 4.48. The van der Waals surface area contributed by atoms with Crippen molar-refractivity contribution in [1.29, 1.82) is 0 Å². The molecule has 0 saturated carbocycles. The van der Waals surface area contributed by atoms with Gasteiger partial charge in [0, 0.05) is 23.3 Å². The van der Waals surface area contributed by atoms with Gasteiger partial charge in [0.2, 0.25) is 0 Å². The Balaban J connectivity index is 2.10. The van der Waals surface area contributed by atoms with Crippen LogP contribution in [0.2, 0.25) is 5.15 Å². The lowest BCUT2D eigenvalue weighted by atomic mass is 10.2. The Morgan fingerprint density at radius 1 is 1.05 bits per heavy atom. The van der Waals surface area contributed by atoms with Crippen LogP contribution in [-0.4, -0.2) is 24.3 Å². The maximum atomic E-state index is 12.8. The average molecular weight is 312 g/mol. The number of hydrogen-bond acceptors (Lipinski definition) is 4. The Hall–Kier alpha value is -2.73. The van der Waals surface area contributed by atoms with Gasteiger partial charge in [-0.3, -0.25) is 4.79 Å². The summed E-state index contributed by atoms with van der Waals surface area (Å²) in [7, 11) is 1.87. The Kier molecular flexibility index (Phi) is 2.74. The highest BCUT2D eigenvalue weighted by Gasteiger charge is 2.14. The van der Waals surface area contributed by atoms with Crippen molar-refractivity contribution in [2.24, 2.45) is 7.05 Å². The van der Waals surface area contributed by atoms with Crippen LogP contribution in [0, 0.1) is 0 Å². The smallest absolute Gasteiger partial charge is 0.297 e. The molecule has 0 atom stereocenters. The first-order chi connectivity index (χ1) is 10.7. The normalized spacial score (nSPS) is 11.4. The van der Waals surface area contributed by atoms with Gasteiger partial charge in [0.15, 0.2) is 5.82 Å². The van der Waals surface area contributed by atoms with Crippen LogP contribution in [0.25, 0.3) is 27.6 Å². The second-order valence-electron chi connectivity index (χ2n) is 4.90. The average Bonchev–Trinajstić information content (AvgIpc) is 2.83. The third-order valence-electron chi connectivity index (χ3n) is 3.67. The quantitative estimate of drug-likeness (QED) is 0.541. The second kappa shape index (κ2) is 4.64. The van der Waals surface area contributed by atoms with E-state index >= 15 is 0 Å². The number of aryl methyl sites for hydroxylation is 1. The molecule has 0 bridgehead atoms. The van der Waals surface area contributed by atoms with E-state index < -0.39 is 0 Å². The van der Waals surface area contributed by atoms with E-state index in [1.54, 1.807) is 6.20 Å². The van der Waals surface area contributed by atoms with Crippen molar-refractivity contribution in [3.05, 3.63) is 58.4 Å². The van der Waals surface area contributed by atoms with Gasteiger partial charge in [-0.05, 0) is 6.07 Å². The molecule has 0 aliphatic heterocycles. The molecular weight excluding hydrogens is 302 g/mol. The summed E-state index contributed by atoms with van der Waals surface area (Å²) in [4.78, 5) is 20.8. The molecule has 1 aromatic carbocycles. The summed E-state index contributed by atoms with van der Waals surface area (Å²) in [5, 5.41) is 6.30. The molecule has 0 aliphatic rings. The van der Waals surface area contributed by atoms with Crippen molar-refractivity contribution in [3.63, 3.8) is 0 Å². The highest BCUT2D eigenvalue weighted by Crippen LogP contribution is 2.24. The number of nitrogens with zero attached hydrogens (tertiary/aromatic N) is 5. The predicted octanol–water partition coefficient (Wildman–Crippen LogP) is 2.32. The molecule has 0 amide bonds. The van der Waals surface area contributed by atoms with E-state index in [0.29, 0.717) is 11.3 Å². The molecule has 3 heterocycles. The Morgan fingerprint density at radius 3 is 2.64 bits per heavy atom. The zero-order valence-electron chi connectivity index (χ0n) is 11.6. The highest BCUT2D eigenvalue weighted by atomic mass is 35.5. The van der Waals surface area contributed by atoms with E-state index in [0.717, 1.165) is 16.3 Å². The molecule has 0 aliphatic carbocycles. The summed E-state index contributed by atoms with van der Waals surface area (Å²) < 4.78 is 3.10. The summed E-state index contributed by atoms with van der Waals surface area (Å²) in [6.45, 7) is 0. The number of benzene rings is 1. The van der Waals surface area contributed by atoms with Gasteiger partial charge in [-0.1, -0.05) is 29.8 Å². The predicted molar refractivity (Wildman–Crippen MR) is 84.4 cm³/mol. The van der Waals surface area contributed by atoms with Crippen LogP contribution < -0.4 is 5.56 Å². The van der Waals surface area contributed by atoms with Crippen LogP contribution in [0.1, 0.15) is 0 Å². The van der Waals surface area contributed by atoms with Gasteiger partial charge in [0.1, 0.15) is 10.7 Å². The van der Waals surface area contributed by atoms with Crippen LogP contribution >= 0.6 is 11.6 Å². The van der Waals surface area contributed by atoms with Gasteiger partial charge in [0.25, 0.3) is 5.56 Å². The standard InChI is InChI=1S/C15H10ClN5O/c1-20-11-5-3-2-4-9(11)10-6-19-21(15(22)14(10)20)13-8-17-12(16)7-18-13/h2-8H,1H3. The molecule has 0 saturated heterocycles. The van der Waals surface area contributed by atoms with Crippen molar-refractivity contribution >= 4 is 33.4 Å². The maximum absolute atomic E-state index is 12.8. The van der Waals surface area contributed by atoms with Crippen LogP contribution in [0.4, 0.5) is 0 Å². The molecule has 3 aromatic heterocycles. The lowest BCUT2D eigenvalue weighted by Gasteiger charge is -2.03. The first-order valence-electron chi connectivity index (χ1n) is 6.60. The van der Waals surface area contributed by atoms with E-state index in [2.05, 4.69) is 15.1 Å². The maximum Gasteiger partial charge on any atom is 0.297 e. The topological polar surface area (TPSA) is 65.6 Å². The number of fused-ring (bicyclic) bond motifs is 3. The zero-order chi connectivity index (χ0) is 15.3. The van der Waals surface area contributed by atoms with Crippen LogP contribution in [0.15, 0.2) is 47.7 Å². The van der Waals surface area contributed by atoms with Gasteiger partial charge < -0.3 is 4.57 Å². The van der Waals surface area contributed by atoms with Crippen molar-refractivity contribution in [1.82, 2.24) is 24.3 Å². The molecule has 0 N–H and O–H groups in total. The fourth-order valence-corrected chi connectivity index (χ4v) is 2.76. The number of hydrogen-bond donors (Lipinski definition) is 0. The first-order valence-corrected chi connectivity index (χ1v) is 6.98. The number of rotatable bonds is 1. The van der Waals surface area contributed by atoms with Crippen LogP contribution in [0.3, 0.4) is 0 Å². The molecule has 0 unspecified atom stereocenters. The van der Waals surface area contributed by atoms with Gasteiger partial charge in [-0.2, -0.15) is 9.78 Å². The molecule has 4 rings (SSSR count). The fourth-order valence-electron chi connectivity index (χ4n) is 2.66. The lowest BCUT2D eigenvalue weighted by molar-refractivity contribution is 0.780. The number of aromatic nitrogens is 5. The molecule has 0 radical (unpaired) electrons. The third-order valence-corrected chi connectivity index (χ3v) is 3.86. The van der Waals surface area contributed by atoms with E-state index in [9.17, 15) is 4.79 Å². The van der Waals surface area contributed by atoms with Gasteiger partial charge in [-0.15, -0.1) is 0 Å². The van der Waals surface area contributed by atoms with Crippen molar-refractivity contribution in [3.8, 4) is 5.82 Å². The third kappa shape index (κ3) is 1.74. The van der Waals surface area contributed by atoms with E-state index in [-0.39, 0.29) is 10.7 Å². The second-order valence-corrected chi connectivity index (χ2v) is 5.28. The first kappa shape index (κ1) is 13.0. The Labute approximate surface area is 129 Å². The minimum atomic E-state index is -0.243. The number of para-hydroxylation sites is 1. The molecular formula is C15H10ClN5O. The summed E-state index contributed by atoms with van der Waals surface area (Å²) >= 11 is 5.73. The van der Waals surface area contributed by atoms with Gasteiger partial charge >= 0.3 is 0 Å². The molecule has 0 spiro atoms. The molecule has 0 fully saturated rings. The van der Waals surface area contributed by atoms with Gasteiger partial charge in [-0.25, -0.2) is 9.97 Å². The van der Waals surface area contributed by atoms with E-state index in [1.165, 1.54) is 17.1 Å². The summed E-state index contributed by atoms with van der Waals surface area (Å²) in [6, 6.07) is 7.84. The van der Waals surface area contributed by atoms with E-state index in [1.807, 2.05) is 35.9 Å². The van der Waals surface area contributed by atoms with E-state index in [4.69, 9.17) is 11.6 Å².